The molecule has 0 spiro atoms. The van der Waals surface area contributed by atoms with Crippen LogP contribution in [0.4, 0.5) is 0 Å². The largest absolute Gasteiger partial charge is 0.464 e. The van der Waals surface area contributed by atoms with Crippen molar-refractivity contribution in [3.05, 3.63) is 75.3 Å². The summed E-state index contributed by atoms with van der Waals surface area (Å²) in [6.45, 7) is 2.05. The van der Waals surface area contributed by atoms with E-state index in [1.54, 1.807) is 6.26 Å². The van der Waals surface area contributed by atoms with E-state index in [2.05, 4.69) is 34.6 Å². The van der Waals surface area contributed by atoms with Gasteiger partial charge in [0.25, 0.3) is 5.56 Å². The van der Waals surface area contributed by atoms with Gasteiger partial charge in [-0.25, -0.2) is 4.98 Å². The predicted molar refractivity (Wildman–Crippen MR) is 107 cm³/mol. The van der Waals surface area contributed by atoms with Crippen LogP contribution in [-0.4, -0.2) is 9.97 Å². The maximum Gasteiger partial charge on any atom is 0.260 e. The Kier molecular flexibility index (Phi) is 3.95. The van der Waals surface area contributed by atoms with Gasteiger partial charge >= 0.3 is 0 Å². The van der Waals surface area contributed by atoms with Crippen molar-refractivity contribution in [1.82, 2.24) is 15.3 Å². The summed E-state index contributed by atoms with van der Waals surface area (Å²) in [5, 5.41) is 6.16. The fourth-order valence-electron chi connectivity index (χ4n) is 3.89. The number of aromatic nitrogens is 2. The first-order valence-corrected chi connectivity index (χ1v) is 9.98. The number of aromatic amines is 1. The van der Waals surface area contributed by atoms with Crippen LogP contribution in [-0.2, 0) is 6.42 Å². The van der Waals surface area contributed by atoms with E-state index in [1.165, 1.54) is 22.5 Å². The third-order valence-electron chi connectivity index (χ3n) is 5.24. The zero-order valence-corrected chi connectivity index (χ0v) is 15.7. The van der Waals surface area contributed by atoms with Crippen molar-refractivity contribution in [1.29, 1.82) is 0 Å². The summed E-state index contributed by atoms with van der Waals surface area (Å²) in [7, 11) is 0. The Hall–Kier alpha value is -2.70. The lowest BCUT2D eigenvalue weighted by Crippen LogP contribution is -2.26. The Morgan fingerprint density at radius 1 is 1.30 bits per heavy atom. The quantitative estimate of drug-likeness (QED) is 0.546. The zero-order valence-electron chi connectivity index (χ0n) is 14.9. The molecule has 2 unspecified atom stereocenters. The summed E-state index contributed by atoms with van der Waals surface area (Å²) in [6, 6.07) is 12.5. The van der Waals surface area contributed by atoms with Crippen molar-refractivity contribution in [3.63, 3.8) is 0 Å². The lowest BCUT2D eigenvalue weighted by atomic mass is 10.1. The molecule has 0 bridgehead atoms. The Balaban J connectivity index is 1.46. The van der Waals surface area contributed by atoms with Crippen LogP contribution in [0.2, 0.25) is 0 Å². The minimum Gasteiger partial charge on any atom is -0.464 e. The highest BCUT2D eigenvalue weighted by atomic mass is 32.1. The van der Waals surface area contributed by atoms with Gasteiger partial charge in [0.2, 0.25) is 0 Å². The molecule has 0 radical (unpaired) electrons. The second-order valence-corrected chi connectivity index (χ2v) is 7.79. The summed E-state index contributed by atoms with van der Waals surface area (Å²) in [4.78, 5) is 21.2. The molecule has 136 valence electrons. The molecule has 0 amide bonds. The average Bonchev–Trinajstić information content (AvgIpc) is 3.41. The minimum absolute atomic E-state index is 0.0487. The van der Waals surface area contributed by atoms with Crippen molar-refractivity contribution in [3.8, 4) is 11.3 Å². The van der Waals surface area contributed by atoms with Crippen molar-refractivity contribution in [2.45, 2.75) is 31.8 Å². The van der Waals surface area contributed by atoms with E-state index < -0.39 is 0 Å². The smallest absolute Gasteiger partial charge is 0.260 e. The lowest BCUT2D eigenvalue weighted by molar-refractivity contribution is 0.450. The standard InChI is InChI=1S/C21H19N3O2S/c1-12(22-16-9-8-13-5-2-3-6-14(13)16)19-23-20(25)18-15(11-27-21(18)24-19)17-7-4-10-26-17/h2-7,10-12,16,22H,8-9H2,1H3,(H,23,24,25). The molecule has 0 saturated heterocycles. The second-order valence-electron chi connectivity index (χ2n) is 6.94. The molecule has 4 aromatic rings. The van der Waals surface area contributed by atoms with Crippen LogP contribution >= 0.6 is 11.3 Å². The number of rotatable bonds is 4. The van der Waals surface area contributed by atoms with Crippen LogP contribution in [0, 0.1) is 0 Å². The molecular weight excluding hydrogens is 358 g/mol. The third kappa shape index (κ3) is 2.81. The molecule has 5 nitrogen and oxygen atoms in total. The summed E-state index contributed by atoms with van der Waals surface area (Å²) in [6.07, 6.45) is 3.76. The van der Waals surface area contributed by atoms with E-state index in [1.807, 2.05) is 24.4 Å². The Labute approximate surface area is 160 Å². The first-order valence-electron chi connectivity index (χ1n) is 9.10. The number of nitrogens with one attached hydrogen (secondary N) is 2. The van der Waals surface area contributed by atoms with E-state index in [4.69, 9.17) is 9.40 Å². The predicted octanol–water partition coefficient (Wildman–Crippen LogP) is 4.58. The summed E-state index contributed by atoms with van der Waals surface area (Å²) in [5.41, 5.74) is 3.43. The molecular formula is C21H19N3O2S. The number of furan rings is 1. The Bertz CT molecular complexity index is 1160. The van der Waals surface area contributed by atoms with Crippen LogP contribution in [0.1, 0.15) is 42.4 Å². The summed E-state index contributed by atoms with van der Waals surface area (Å²) < 4.78 is 5.45. The van der Waals surface area contributed by atoms with Gasteiger partial charge < -0.3 is 14.7 Å². The SMILES string of the molecule is CC(NC1CCc2ccccc21)c1nc2scc(-c3ccco3)c2c(=O)[nH]1. The van der Waals surface area contributed by atoms with Gasteiger partial charge in [-0.15, -0.1) is 11.3 Å². The first-order chi connectivity index (χ1) is 13.2. The van der Waals surface area contributed by atoms with E-state index in [0.29, 0.717) is 23.0 Å². The molecule has 3 aromatic heterocycles. The fourth-order valence-corrected chi connectivity index (χ4v) is 4.83. The molecule has 2 atom stereocenters. The van der Waals surface area contributed by atoms with Gasteiger partial charge in [-0.05, 0) is 43.0 Å². The number of benzene rings is 1. The van der Waals surface area contributed by atoms with Crippen LogP contribution < -0.4 is 10.9 Å². The van der Waals surface area contributed by atoms with Gasteiger partial charge in [0, 0.05) is 17.0 Å². The number of thiophene rings is 1. The summed E-state index contributed by atoms with van der Waals surface area (Å²) >= 11 is 1.47. The number of H-pyrrole nitrogens is 1. The van der Waals surface area contributed by atoms with Gasteiger partial charge in [0.1, 0.15) is 16.4 Å². The van der Waals surface area contributed by atoms with Crippen molar-refractivity contribution in [2.75, 3.05) is 0 Å². The van der Waals surface area contributed by atoms with Gasteiger partial charge in [-0.2, -0.15) is 0 Å². The zero-order chi connectivity index (χ0) is 18.4. The lowest BCUT2D eigenvalue weighted by Gasteiger charge is -2.19. The minimum atomic E-state index is -0.122. The van der Waals surface area contributed by atoms with Gasteiger partial charge in [-0.3, -0.25) is 4.79 Å². The van der Waals surface area contributed by atoms with E-state index in [0.717, 1.165) is 23.2 Å². The molecule has 0 aliphatic heterocycles. The van der Waals surface area contributed by atoms with Crippen LogP contribution in [0.25, 0.3) is 21.5 Å². The Morgan fingerprint density at radius 3 is 3.04 bits per heavy atom. The van der Waals surface area contributed by atoms with Gasteiger partial charge in [0.15, 0.2) is 0 Å². The van der Waals surface area contributed by atoms with E-state index in [-0.39, 0.29) is 11.6 Å². The highest BCUT2D eigenvalue weighted by Crippen LogP contribution is 2.34. The molecule has 0 saturated carbocycles. The normalized spacial score (nSPS) is 17.3. The number of hydrogen-bond acceptors (Lipinski definition) is 5. The van der Waals surface area contributed by atoms with Gasteiger partial charge in [0.05, 0.1) is 17.7 Å². The number of nitrogens with zero attached hydrogens (tertiary/aromatic N) is 1. The maximum atomic E-state index is 12.8. The molecule has 3 heterocycles. The first kappa shape index (κ1) is 16.5. The highest BCUT2D eigenvalue weighted by Gasteiger charge is 2.25. The highest BCUT2D eigenvalue weighted by molar-refractivity contribution is 7.17. The van der Waals surface area contributed by atoms with Crippen molar-refractivity contribution in [2.24, 2.45) is 0 Å². The average molecular weight is 377 g/mol. The molecule has 1 aromatic carbocycles. The van der Waals surface area contributed by atoms with Crippen LogP contribution in [0.5, 0.6) is 0 Å². The summed E-state index contributed by atoms with van der Waals surface area (Å²) in [5.74, 6) is 1.36. The molecule has 5 rings (SSSR count). The Morgan fingerprint density at radius 2 is 2.19 bits per heavy atom. The van der Waals surface area contributed by atoms with E-state index >= 15 is 0 Å². The van der Waals surface area contributed by atoms with Gasteiger partial charge in [-0.1, -0.05) is 24.3 Å². The molecule has 2 N–H and O–H groups in total. The molecule has 6 heteroatoms. The van der Waals surface area contributed by atoms with Crippen LogP contribution in [0.3, 0.4) is 0 Å². The van der Waals surface area contributed by atoms with Crippen molar-refractivity contribution < 1.29 is 4.42 Å². The number of hydrogen-bond donors (Lipinski definition) is 2. The number of aryl methyl sites for hydroxylation is 1. The molecule has 1 aliphatic rings. The molecule has 1 aliphatic carbocycles. The number of fused-ring (bicyclic) bond motifs is 2. The molecule has 27 heavy (non-hydrogen) atoms. The topological polar surface area (TPSA) is 70.9 Å². The van der Waals surface area contributed by atoms with Crippen molar-refractivity contribution >= 4 is 21.6 Å². The molecule has 0 fully saturated rings. The van der Waals surface area contributed by atoms with E-state index in [9.17, 15) is 4.79 Å². The fraction of sp³-hybridized carbons (Fsp3) is 0.238. The monoisotopic (exact) mass is 377 g/mol. The third-order valence-corrected chi connectivity index (χ3v) is 6.12. The maximum absolute atomic E-state index is 12.8. The van der Waals surface area contributed by atoms with Crippen LogP contribution in [0.15, 0.2) is 57.3 Å². The second kappa shape index (κ2) is 6.48.